The Hall–Kier alpha value is -3.18. The first-order valence-electron chi connectivity index (χ1n) is 13.6. The highest BCUT2D eigenvalue weighted by atomic mass is 35.5. The highest BCUT2D eigenvalue weighted by Gasteiger charge is 2.28. The normalized spacial score (nSPS) is 15.5. The third kappa shape index (κ3) is 5.60. The van der Waals surface area contributed by atoms with Crippen LogP contribution in [0, 0.1) is 5.92 Å². The molecule has 0 bridgehead atoms. The molecule has 0 atom stereocenters. The summed E-state index contributed by atoms with van der Waals surface area (Å²) in [6.07, 6.45) is 8.64. The van der Waals surface area contributed by atoms with Crippen molar-refractivity contribution in [3.63, 3.8) is 0 Å². The van der Waals surface area contributed by atoms with E-state index in [-0.39, 0.29) is 0 Å². The number of allylic oxidation sites excluding steroid dienone is 1. The van der Waals surface area contributed by atoms with Crippen LogP contribution < -0.4 is 5.32 Å². The molecule has 2 heterocycles. The molecule has 2 fully saturated rings. The molecule has 4 aromatic rings. The number of anilines is 2. The number of likely N-dealkylation sites (tertiary alicyclic amines) is 1. The van der Waals surface area contributed by atoms with Crippen molar-refractivity contribution in [3.8, 4) is 11.1 Å². The smallest absolute Gasteiger partial charge is 0.153 e. The molecule has 1 aromatic heterocycles. The van der Waals surface area contributed by atoms with Gasteiger partial charge in [0.2, 0.25) is 0 Å². The predicted octanol–water partition coefficient (Wildman–Crippen LogP) is 8.83. The Morgan fingerprint density at radius 2 is 1.79 bits per heavy atom. The number of pyridine rings is 1. The number of carbonyl (C=O) groups is 1. The Bertz CT molecular complexity index is 1550. The van der Waals surface area contributed by atoms with Gasteiger partial charge < -0.3 is 10.2 Å². The quantitative estimate of drug-likeness (QED) is 0.209. The summed E-state index contributed by atoms with van der Waals surface area (Å²) in [5.74, 6) is 0.508. The van der Waals surface area contributed by atoms with Gasteiger partial charge in [0.25, 0.3) is 0 Å². The van der Waals surface area contributed by atoms with Gasteiger partial charge in [-0.2, -0.15) is 0 Å². The number of hydrogen-bond donors (Lipinski definition) is 1. The first-order chi connectivity index (χ1) is 19.0. The molecule has 1 N–H and O–H groups in total. The molecule has 4 nitrogen and oxygen atoms in total. The van der Waals surface area contributed by atoms with Gasteiger partial charge in [0, 0.05) is 29.4 Å². The van der Waals surface area contributed by atoms with Crippen molar-refractivity contribution in [2.45, 2.75) is 32.1 Å². The summed E-state index contributed by atoms with van der Waals surface area (Å²) in [5, 5.41) is 5.43. The van der Waals surface area contributed by atoms with E-state index in [2.05, 4.69) is 47.1 Å². The molecule has 1 saturated heterocycles. The Kier molecular flexibility index (Phi) is 7.44. The number of aldehydes is 1. The molecule has 6 heteroatoms. The van der Waals surface area contributed by atoms with E-state index >= 15 is 0 Å². The molecule has 0 spiro atoms. The Morgan fingerprint density at radius 1 is 1.03 bits per heavy atom. The van der Waals surface area contributed by atoms with Gasteiger partial charge >= 0.3 is 0 Å². The van der Waals surface area contributed by atoms with E-state index in [1.807, 2.05) is 18.3 Å². The maximum absolute atomic E-state index is 11.4. The summed E-state index contributed by atoms with van der Waals surface area (Å²) in [6.45, 7) is 7.98. The van der Waals surface area contributed by atoms with Crippen molar-refractivity contribution in [1.82, 2.24) is 9.88 Å². The molecule has 0 amide bonds. The second kappa shape index (κ2) is 11.1. The molecule has 198 valence electrons. The SMILES string of the molecule is C=C(c1cnc2ccc(-c3cc(Cl)c(C=O)c(Cl)c3)cc2c1Nc1cccc(CCN2CCCC2)c1)C1CC1. The minimum absolute atomic E-state index is 0.305. The highest BCUT2D eigenvalue weighted by Crippen LogP contribution is 2.45. The molecule has 1 aliphatic heterocycles. The average Bonchev–Trinajstić information content (AvgIpc) is 3.66. The van der Waals surface area contributed by atoms with Crippen LogP contribution in [0.15, 0.2) is 67.4 Å². The average molecular weight is 557 g/mol. The first-order valence-corrected chi connectivity index (χ1v) is 14.4. The Labute approximate surface area is 239 Å². The van der Waals surface area contributed by atoms with Gasteiger partial charge in [-0.15, -0.1) is 0 Å². The van der Waals surface area contributed by atoms with E-state index < -0.39 is 0 Å². The molecular formula is C33H31Cl2N3O. The van der Waals surface area contributed by atoms with Crippen LogP contribution in [0.4, 0.5) is 11.4 Å². The number of benzene rings is 3. The molecule has 1 aliphatic carbocycles. The van der Waals surface area contributed by atoms with Crippen molar-refractivity contribution in [2.75, 3.05) is 25.0 Å². The van der Waals surface area contributed by atoms with Gasteiger partial charge in [0.15, 0.2) is 6.29 Å². The van der Waals surface area contributed by atoms with Gasteiger partial charge in [-0.25, -0.2) is 0 Å². The predicted molar refractivity (Wildman–Crippen MR) is 163 cm³/mol. The summed E-state index contributed by atoms with van der Waals surface area (Å²) >= 11 is 12.8. The van der Waals surface area contributed by atoms with Crippen molar-refractivity contribution in [3.05, 3.63) is 94.1 Å². The topological polar surface area (TPSA) is 45.2 Å². The highest BCUT2D eigenvalue weighted by molar-refractivity contribution is 6.39. The number of carbonyl (C=O) groups excluding carboxylic acids is 1. The molecule has 0 radical (unpaired) electrons. The molecule has 3 aromatic carbocycles. The van der Waals surface area contributed by atoms with Crippen LogP contribution in [-0.4, -0.2) is 35.8 Å². The second-order valence-corrected chi connectivity index (χ2v) is 11.5. The zero-order valence-electron chi connectivity index (χ0n) is 21.9. The number of fused-ring (bicyclic) bond motifs is 1. The van der Waals surface area contributed by atoms with Crippen LogP contribution in [0.1, 0.15) is 47.2 Å². The van der Waals surface area contributed by atoms with E-state index in [1.165, 1.54) is 44.3 Å². The minimum atomic E-state index is 0.305. The summed E-state index contributed by atoms with van der Waals surface area (Å²) < 4.78 is 0. The van der Waals surface area contributed by atoms with Gasteiger partial charge in [0.05, 0.1) is 26.8 Å². The van der Waals surface area contributed by atoms with Crippen LogP contribution in [0.2, 0.25) is 10.0 Å². The molecule has 6 rings (SSSR count). The molecule has 1 saturated carbocycles. The number of aromatic nitrogens is 1. The van der Waals surface area contributed by atoms with Gasteiger partial charge in [0.1, 0.15) is 0 Å². The lowest BCUT2D eigenvalue weighted by atomic mass is 9.97. The first kappa shape index (κ1) is 26.1. The lowest BCUT2D eigenvalue weighted by molar-refractivity contribution is 0.112. The summed E-state index contributed by atoms with van der Waals surface area (Å²) in [4.78, 5) is 18.7. The van der Waals surface area contributed by atoms with E-state index in [1.54, 1.807) is 12.1 Å². The number of halogens is 2. The molecule has 2 aliphatic rings. The summed E-state index contributed by atoms with van der Waals surface area (Å²) in [7, 11) is 0. The van der Waals surface area contributed by atoms with Gasteiger partial charge in [-0.05, 0) is 110 Å². The van der Waals surface area contributed by atoms with Crippen molar-refractivity contribution < 1.29 is 4.79 Å². The second-order valence-electron chi connectivity index (χ2n) is 10.7. The maximum Gasteiger partial charge on any atom is 0.153 e. The van der Waals surface area contributed by atoms with Crippen LogP contribution >= 0.6 is 23.2 Å². The maximum atomic E-state index is 11.4. The Balaban J connectivity index is 1.40. The van der Waals surface area contributed by atoms with Crippen molar-refractivity contribution in [1.29, 1.82) is 0 Å². The molecule has 39 heavy (non-hydrogen) atoms. The standard InChI is InChI=1S/C33H31Cl2N3O/c1-21(23-7-8-23)28-19-36-32-10-9-24(25-17-30(34)29(20-39)31(35)18-25)16-27(32)33(28)37-26-6-4-5-22(15-26)11-14-38-12-2-3-13-38/h4-6,9-10,15-20,23H,1-3,7-8,11-14H2,(H,36,37). The minimum Gasteiger partial charge on any atom is -0.354 e. The van der Waals surface area contributed by atoms with E-state index in [0.29, 0.717) is 27.8 Å². The van der Waals surface area contributed by atoms with Gasteiger partial charge in [-0.3, -0.25) is 9.78 Å². The fourth-order valence-corrected chi connectivity index (χ4v) is 6.08. The van der Waals surface area contributed by atoms with Crippen LogP contribution in [0.25, 0.3) is 27.6 Å². The van der Waals surface area contributed by atoms with Crippen LogP contribution in [0.3, 0.4) is 0 Å². The van der Waals surface area contributed by atoms with E-state index in [0.717, 1.165) is 57.5 Å². The zero-order valence-corrected chi connectivity index (χ0v) is 23.4. The lowest BCUT2D eigenvalue weighted by Gasteiger charge is -2.18. The van der Waals surface area contributed by atoms with E-state index in [4.69, 9.17) is 28.2 Å². The Morgan fingerprint density at radius 3 is 2.51 bits per heavy atom. The number of hydrogen-bond acceptors (Lipinski definition) is 4. The van der Waals surface area contributed by atoms with Gasteiger partial charge in [-0.1, -0.05) is 48.0 Å². The third-order valence-corrected chi connectivity index (χ3v) is 8.55. The van der Waals surface area contributed by atoms with E-state index in [9.17, 15) is 4.79 Å². The third-order valence-electron chi connectivity index (χ3n) is 7.93. The molecular weight excluding hydrogens is 525 g/mol. The summed E-state index contributed by atoms with van der Waals surface area (Å²) in [6, 6.07) is 18.4. The van der Waals surface area contributed by atoms with Crippen molar-refractivity contribution in [2.24, 2.45) is 5.92 Å². The number of nitrogens with zero attached hydrogens (tertiary/aromatic N) is 2. The fourth-order valence-electron chi connectivity index (χ4n) is 5.51. The largest absolute Gasteiger partial charge is 0.354 e. The fraction of sp³-hybridized carbons (Fsp3) is 0.273. The molecule has 0 unspecified atom stereocenters. The van der Waals surface area contributed by atoms with Crippen LogP contribution in [-0.2, 0) is 6.42 Å². The van der Waals surface area contributed by atoms with Crippen LogP contribution in [0.5, 0.6) is 0 Å². The van der Waals surface area contributed by atoms with Crippen molar-refractivity contribution >= 4 is 57.3 Å². The number of nitrogens with one attached hydrogen (secondary N) is 1. The summed E-state index contributed by atoms with van der Waals surface area (Å²) in [5.41, 5.74) is 8.56. The number of rotatable bonds is 9. The monoisotopic (exact) mass is 555 g/mol. The zero-order chi connectivity index (χ0) is 26.9. The lowest BCUT2D eigenvalue weighted by Crippen LogP contribution is -2.21.